The van der Waals surface area contributed by atoms with E-state index in [1.54, 1.807) is 0 Å². The molecule has 0 saturated heterocycles. The molecule has 2 unspecified atom stereocenters. The minimum absolute atomic E-state index is 0.0812. The molecule has 0 aromatic heterocycles. The minimum atomic E-state index is -4.85. The van der Waals surface area contributed by atoms with Gasteiger partial charge in [0, 0.05) is 24.1 Å². The van der Waals surface area contributed by atoms with Crippen LogP contribution >= 0.6 is 0 Å². The predicted octanol–water partition coefficient (Wildman–Crippen LogP) is 2.74. The Morgan fingerprint density at radius 3 is 2.67 bits per heavy atom. The van der Waals surface area contributed by atoms with E-state index in [1.807, 2.05) is 0 Å². The Balaban J connectivity index is 2.16. The van der Waals surface area contributed by atoms with E-state index in [0.717, 1.165) is 18.9 Å². The molecule has 1 aliphatic rings. The summed E-state index contributed by atoms with van der Waals surface area (Å²) in [6, 6.07) is 1.90. The molecule has 2 rings (SSSR count). The molecule has 3 nitrogen and oxygen atoms in total. The van der Waals surface area contributed by atoms with Crippen molar-refractivity contribution in [3.63, 3.8) is 0 Å². The van der Waals surface area contributed by atoms with Crippen molar-refractivity contribution in [3.8, 4) is 0 Å². The second kappa shape index (κ2) is 6.01. The number of carbonyl (C=O) groups excluding carboxylic acids is 1. The molecule has 116 valence electrons. The second-order valence-electron chi connectivity index (χ2n) is 5.15. The van der Waals surface area contributed by atoms with Gasteiger partial charge in [-0.2, -0.15) is 13.2 Å². The van der Waals surface area contributed by atoms with Crippen molar-refractivity contribution in [2.45, 2.75) is 31.5 Å². The Morgan fingerprint density at radius 2 is 2.05 bits per heavy atom. The third kappa shape index (κ3) is 3.53. The fourth-order valence-corrected chi connectivity index (χ4v) is 2.58. The Labute approximate surface area is 119 Å². The molecule has 0 heterocycles. The highest BCUT2D eigenvalue weighted by Crippen LogP contribution is 2.32. The van der Waals surface area contributed by atoms with E-state index in [0.29, 0.717) is 18.6 Å². The van der Waals surface area contributed by atoms with Crippen molar-refractivity contribution in [1.29, 1.82) is 0 Å². The standard InChI is InChI=1S/C14H15F4NO2/c15-11-5-4-8(6-10(11)14(16,17)18)13(21)19-12-3-1-2-9(12)7-20/h4-6,9,12,20H,1-3,7H2,(H,19,21). The molecule has 21 heavy (non-hydrogen) atoms. The highest BCUT2D eigenvalue weighted by atomic mass is 19.4. The van der Waals surface area contributed by atoms with Gasteiger partial charge in [0.15, 0.2) is 0 Å². The number of hydrogen-bond acceptors (Lipinski definition) is 2. The van der Waals surface area contributed by atoms with Crippen molar-refractivity contribution in [2.24, 2.45) is 5.92 Å². The number of aliphatic hydroxyl groups excluding tert-OH is 1. The van der Waals surface area contributed by atoms with Crippen LogP contribution in [0.2, 0.25) is 0 Å². The molecule has 1 aliphatic carbocycles. The summed E-state index contributed by atoms with van der Waals surface area (Å²) in [5, 5.41) is 11.8. The van der Waals surface area contributed by atoms with Crippen LogP contribution in [-0.2, 0) is 6.18 Å². The number of carbonyl (C=O) groups is 1. The van der Waals surface area contributed by atoms with Crippen LogP contribution in [0.15, 0.2) is 18.2 Å². The van der Waals surface area contributed by atoms with Gasteiger partial charge in [-0.25, -0.2) is 4.39 Å². The van der Waals surface area contributed by atoms with Crippen LogP contribution in [0.25, 0.3) is 0 Å². The summed E-state index contributed by atoms with van der Waals surface area (Å²) in [6.45, 7) is -0.0812. The number of alkyl halides is 3. The summed E-state index contributed by atoms with van der Waals surface area (Å²) >= 11 is 0. The summed E-state index contributed by atoms with van der Waals surface area (Å²) in [7, 11) is 0. The number of aliphatic hydroxyl groups is 1. The Morgan fingerprint density at radius 1 is 1.33 bits per heavy atom. The lowest BCUT2D eigenvalue weighted by Crippen LogP contribution is -2.38. The monoisotopic (exact) mass is 305 g/mol. The van der Waals surface area contributed by atoms with Crippen LogP contribution in [0.1, 0.15) is 35.2 Å². The zero-order valence-electron chi connectivity index (χ0n) is 11.1. The van der Waals surface area contributed by atoms with Crippen molar-refractivity contribution >= 4 is 5.91 Å². The molecule has 1 amide bonds. The summed E-state index contributed by atoms with van der Waals surface area (Å²) in [5.41, 5.74) is -1.70. The number of hydrogen-bond donors (Lipinski definition) is 2. The molecular formula is C14H15F4NO2. The highest BCUT2D eigenvalue weighted by molar-refractivity contribution is 5.94. The maximum Gasteiger partial charge on any atom is 0.419 e. The van der Waals surface area contributed by atoms with E-state index >= 15 is 0 Å². The summed E-state index contributed by atoms with van der Waals surface area (Å²) in [4.78, 5) is 12.0. The largest absolute Gasteiger partial charge is 0.419 e. The molecule has 2 N–H and O–H groups in total. The van der Waals surface area contributed by atoms with Gasteiger partial charge in [0.25, 0.3) is 5.91 Å². The van der Waals surface area contributed by atoms with Gasteiger partial charge >= 0.3 is 6.18 Å². The van der Waals surface area contributed by atoms with Crippen molar-refractivity contribution in [3.05, 3.63) is 35.1 Å². The Kier molecular flexibility index (Phi) is 4.51. The first kappa shape index (κ1) is 15.8. The average molecular weight is 305 g/mol. The normalized spacial score (nSPS) is 22.3. The SMILES string of the molecule is O=C(NC1CCCC1CO)c1ccc(F)c(C(F)(F)F)c1. The molecule has 0 bridgehead atoms. The molecule has 0 aliphatic heterocycles. The average Bonchev–Trinajstić information content (AvgIpc) is 2.85. The van der Waals surface area contributed by atoms with Gasteiger partial charge in [-0.3, -0.25) is 4.79 Å². The smallest absolute Gasteiger partial charge is 0.396 e. The van der Waals surface area contributed by atoms with Crippen molar-refractivity contribution in [1.82, 2.24) is 5.32 Å². The lowest BCUT2D eigenvalue weighted by molar-refractivity contribution is -0.140. The molecular weight excluding hydrogens is 290 g/mol. The second-order valence-corrected chi connectivity index (χ2v) is 5.15. The van der Waals surface area contributed by atoms with Crippen molar-refractivity contribution < 1.29 is 27.5 Å². The molecule has 2 atom stereocenters. The highest BCUT2D eigenvalue weighted by Gasteiger charge is 2.35. The van der Waals surface area contributed by atoms with Crippen LogP contribution in [-0.4, -0.2) is 23.7 Å². The fraction of sp³-hybridized carbons (Fsp3) is 0.500. The zero-order valence-corrected chi connectivity index (χ0v) is 11.1. The summed E-state index contributed by atoms with van der Waals surface area (Å²) in [5.74, 6) is -2.18. The van der Waals surface area contributed by atoms with Crippen molar-refractivity contribution in [2.75, 3.05) is 6.61 Å². The van der Waals surface area contributed by atoms with E-state index < -0.39 is 23.5 Å². The van der Waals surface area contributed by atoms with Crippen LogP contribution in [0, 0.1) is 11.7 Å². The molecule has 1 aromatic rings. The third-order valence-corrected chi connectivity index (χ3v) is 3.74. The van der Waals surface area contributed by atoms with Gasteiger partial charge in [-0.05, 0) is 31.0 Å². The summed E-state index contributed by atoms with van der Waals surface area (Å²) < 4.78 is 51.0. The van der Waals surface area contributed by atoms with Gasteiger partial charge in [0.05, 0.1) is 5.56 Å². The van der Waals surface area contributed by atoms with E-state index in [4.69, 9.17) is 5.11 Å². The van der Waals surface area contributed by atoms with Gasteiger partial charge in [0.1, 0.15) is 5.82 Å². The quantitative estimate of drug-likeness (QED) is 0.844. The van der Waals surface area contributed by atoms with Gasteiger partial charge in [-0.15, -0.1) is 0 Å². The number of halogens is 4. The van der Waals surface area contributed by atoms with Gasteiger partial charge in [-0.1, -0.05) is 6.42 Å². The third-order valence-electron chi connectivity index (χ3n) is 3.74. The van der Waals surface area contributed by atoms with Crippen LogP contribution in [0.3, 0.4) is 0 Å². The summed E-state index contributed by atoms with van der Waals surface area (Å²) in [6.07, 6.45) is -2.57. The maximum atomic E-state index is 13.2. The lowest BCUT2D eigenvalue weighted by atomic mass is 10.0. The maximum absolute atomic E-state index is 13.2. The first-order valence-corrected chi connectivity index (χ1v) is 6.61. The van der Waals surface area contributed by atoms with E-state index in [2.05, 4.69) is 5.32 Å². The number of nitrogens with one attached hydrogen (secondary N) is 1. The molecule has 1 fully saturated rings. The number of benzene rings is 1. The molecule has 0 spiro atoms. The van der Waals surface area contributed by atoms with Crippen LogP contribution in [0.4, 0.5) is 17.6 Å². The fourth-order valence-electron chi connectivity index (χ4n) is 2.58. The molecule has 0 radical (unpaired) electrons. The number of amides is 1. The topological polar surface area (TPSA) is 49.3 Å². The predicted molar refractivity (Wildman–Crippen MR) is 67.1 cm³/mol. The number of rotatable bonds is 3. The van der Waals surface area contributed by atoms with Gasteiger partial charge in [0.2, 0.25) is 0 Å². The molecule has 7 heteroatoms. The first-order valence-electron chi connectivity index (χ1n) is 6.61. The van der Waals surface area contributed by atoms with Crippen LogP contribution < -0.4 is 5.32 Å². The minimum Gasteiger partial charge on any atom is -0.396 e. The Hall–Kier alpha value is -1.63. The van der Waals surface area contributed by atoms with E-state index in [-0.39, 0.29) is 24.1 Å². The van der Waals surface area contributed by atoms with Crippen LogP contribution in [0.5, 0.6) is 0 Å². The Bertz CT molecular complexity index is 530. The van der Waals surface area contributed by atoms with Gasteiger partial charge < -0.3 is 10.4 Å². The lowest BCUT2D eigenvalue weighted by Gasteiger charge is -2.19. The first-order chi connectivity index (χ1) is 9.82. The van der Waals surface area contributed by atoms with E-state index in [9.17, 15) is 22.4 Å². The molecule has 1 saturated carbocycles. The molecule has 1 aromatic carbocycles. The zero-order chi connectivity index (χ0) is 15.6. The van der Waals surface area contributed by atoms with E-state index in [1.165, 1.54) is 0 Å².